The molecule has 0 radical (unpaired) electrons. The van der Waals surface area contributed by atoms with Crippen LogP contribution >= 0.6 is 24.0 Å². The number of anilines is 2. The van der Waals surface area contributed by atoms with E-state index in [1.54, 1.807) is 34.6 Å². The largest absolute Gasteiger partial charge is 0.366 e. The van der Waals surface area contributed by atoms with E-state index >= 15 is 0 Å². The number of piperazine rings is 1. The van der Waals surface area contributed by atoms with E-state index in [1.807, 2.05) is 17.9 Å². The number of pyridine rings is 1. The summed E-state index contributed by atoms with van der Waals surface area (Å²) in [6, 6.07) is 8.78. The number of halogens is 1. The van der Waals surface area contributed by atoms with Gasteiger partial charge in [-0.15, -0.1) is 0 Å². The fourth-order valence-corrected chi connectivity index (χ4v) is 6.08. The predicted molar refractivity (Wildman–Crippen MR) is 151 cm³/mol. The molecular weight excluding hydrogens is 509 g/mol. The molecule has 0 spiro atoms. The molecular formula is C27H30FN5O2S2. The van der Waals surface area contributed by atoms with Gasteiger partial charge >= 0.3 is 0 Å². The SMILES string of the molecule is CCCCN1C(=O)C(=Cc2c(C)c(C#N)c(=O)n(CC)c2N2CCN(c3ccccc3F)CC2)SC1=S. The summed E-state index contributed by atoms with van der Waals surface area (Å²) >= 11 is 6.73. The summed E-state index contributed by atoms with van der Waals surface area (Å²) in [6.07, 6.45) is 3.59. The number of para-hydroxylation sites is 1. The number of rotatable bonds is 7. The molecule has 7 nitrogen and oxygen atoms in total. The molecule has 2 saturated heterocycles. The maximum atomic E-state index is 14.4. The van der Waals surface area contributed by atoms with E-state index in [1.165, 1.54) is 17.8 Å². The summed E-state index contributed by atoms with van der Waals surface area (Å²) in [5.41, 5.74) is 1.50. The number of benzene rings is 1. The van der Waals surface area contributed by atoms with Crippen LogP contribution in [0.15, 0.2) is 34.0 Å². The maximum absolute atomic E-state index is 14.4. The third kappa shape index (κ3) is 5.15. The number of hydrogen-bond acceptors (Lipinski definition) is 7. The highest BCUT2D eigenvalue weighted by Gasteiger charge is 2.33. The molecule has 0 unspecified atom stereocenters. The van der Waals surface area contributed by atoms with Crippen molar-refractivity contribution in [3.63, 3.8) is 0 Å². The molecule has 0 bridgehead atoms. The molecule has 0 atom stereocenters. The summed E-state index contributed by atoms with van der Waals surface area (Å²) in [7, 11) is 0. The number of nitrogens with zero attached hydrogens (tertiary/aromatic N) is 5. The van der Waals surface area contributed by atoms with Gasteiger partial charge in [-0.3, -0.25) is 19.1 Å². The topological polar surface area (TPSA) is 72.6 Å². The Morgan fingerprint density at radius 1 is 1.14 bits per heavy atom. The first-order valence-corrected chi connectivity index (χ1v) is 13.7. The summed E-state index contributed by atoms with van der Waals surface area (Å²) < 4.78 is 16.5. The molecule has 2 aromatic rings. The van der Waals surface area contributed by atoms with Crippen molar-refractivity contribution in [2.45, 2.75) is 40.2 Å². The lowest BCUT2D eigenvalue weighted by Crippen LogP contribution is -2.49. The average molecular weight is 540 g/mol. The molecule has 2 aliphatic heterocycles. The van der Waals surface area contributed by atoms with Crippen molar-refractivity contribution in [3.8, 4) is 6.07 Å². The molecule has 2 aliphatic rings. The number of thiocarbonyl (C=S) groups is 1. The van der Waals surface area contributed by atoms with E-state index < -0.39 is 0 Å². The highest BCUT2D eigenvalue weighted by atomic mass is 32.2. The maximum Gasteiger partial charge on any atom is 0.270 e. The molecule has 0 aliphatic carbocycles. The molecule has 0 saturated carbocycles. The molecule has 10 heteroatoms. The zero-order valence-electron chi connectivity index (χ0n) is 21.3. The number of nitriles is 1. The van der Waals surface area contributed by atoms with Crippen LogP contribution in [0.25, 0.3) is 6.08 Å². The van der Waals surface area contributed by atoms with Gasteiger partial charge in [0.1, 0.15) is 27.6 Å². The van der Waals surface area contributed by atoms with Crippen LogP contribution in [0.4, 0.5) is 15.9 Å². The van der Waals surface area contributed by atoms with Crippen molar-refractivity contribution >= 4 is 51.8 Å². The third-order valence-electron chi connectivity index (χ3n) is 6.82. The van der Waals surface area contributed by atoms with E-state index in [9.17, 15) is 19.2 Å². The van der Waals surface area contributed by atoms with Crippen LogP contribution in [0.2, 0.25) is 0 Å². The van der Waals surface area contributed by atoms with Gasteiger partial charge in [0.15, 0.2) is 0 Å². The van der Waals surface area contributed by atoms with Crippen LogP contribution < -0.4 is 15.4 Å². The molecule has 1 aromatic heterocycles. The van der Waals surface area contributed by atoms with Gasteiger partial charge in [0.25, 0.3) is 11.5 Å². The normalized spacial score (nSPS) is 17.2. The van der Waals surface area contributed by atoms with E-state index in [4.69, 9.17) is 12.2 Å². The second-order valence-electron chi connectivity index (χ2n) is 9.01. The number of hydrogen-bond donors (Lipinski definition) is 0. The van der Waals surface area contributed by atoms with Gasteiger partial charge in [-0.25, -0.2) is 4.39 Å². The van der Waals surface area contributed by atoms with Crippen molar-refractivity contribution in [2.75, 3.05) is 42.5 Å². The lowest BCUT2D eigenvalue weighted by molar-refractivity contribution is -0.122. The van der Waals surface area contributed by atoms with Crippen LogP contribution in [-0.2, 0) is 11.3 Å². The van der Waals surface area contributed by atoms with Crippen molar-refractivity contribution in [3.05, 3.63) is 62.0 Å². The van der Waals surface area contributed by atoms with Crippen LogP contribution in [0.3, 0.4) is 0 Å². The van der Waals surface area contributed by atoms with Crippen molar-refractivity contribution in [1.29, 1.82) is 5.26 Å². The average Bonchev–Trinajstić information content (AvgIpc) is 3.16. The van der Waals surface area contributed by atoms with Crippen LogP contribution in [-0.4, -0.2) is 52.4 Å². The number of amides is 1. The quantitative estimate of drug-likeness (QED) is 0.379. The lowest BCUT2D eigenvalue weighted by Gasteiger charge is -2.39. The molecule has 1 amide bonds. The Balaban J connectivity index is 1.75. The van der Waals surface area contributed by atoms with Gasteiger partial charge in [-0.2, -0.15) is 5.26 Å². The summed E-state index contributed by atoms with van der Waals surface area (Å²) in [4.78, 5) is 32.6. The van der Waals surface area contributed by atoms with E-state index in [0.29, 0.717) is 71.1 Å². The number of thioether (sulfide) groups is 1. The second kappa shape index (κ2) is 11.5. The molecule has 2 fully saturated rings. The van der Waals surface area contributed by atoms with E-state index in [0.717, 1.165) is 12.8 Å². The third-order valence-corrected chi connectivity index (χ3v) is 8.20. The minimum absolute atomic E-state index is 0.0725. The van der Waals surface area contributed by atoms with Crippen LogP contribution in [0.1, 0.15) is 43.4 Å². The molecule has 37 heavy (non-hydrogen) atoms. The standard InChI is InChI=1S/C27H30FN5O2S2/c1-4-6-11-33-26(35)23(37-27(33)36)16-19-18(3)20(17-29)25(34)32(5-2)24(19)31-14-12-30(13-15-31)22-10-8-7-9-21(22)28/h7-10,16H,4-6,11-15H2,1-3H3. The van der Waals surface area contributed by atoms with Gasteiger partial charge in [0.2, 0.25) is 0 Å². The minimum atomic E-state index is -0.346. The minimum Gasteiger partial charge on any atom is -0.366 e. The fourth-order valence-electron chi connectivity index (χ4n) is 4.79. The molecule has 1 aromatic carbocycles. The Morgan fingerprint density at radius 3 is 2.43 bits per heavy atom. The molecule has 194 valence electrons. The zero-order chi connectivity index (χ0) is 26.7. The van der Waals surface area contributed by atoms with Gasteiger partial charge in [0.05, 0.1) is 10.6 Å². The lowest BCUT2D eigenvalue weighted by atomic mass is 10.0. The smallest absolute Gasteiger partial charge is 0.270 e. The molecule has 0 N–H and O–H groups in total. The Morgan fingerprint density at radius 2 is 1.81 bits per heavy atom. The summed E-state index contributed by atoms with van der Waals surface area (Å²) in [5, 5.41) is 9.78. The van der Waals surface area contributed by atoms with Crippen LogP contribution in [0, 0.1) is 24.1 Å². The highest BCUT2D eigenvalue weighted by Crippen LogP contribution is 2.36. The summed E-state index contributed by atoms with van der Waals surface area (Å²) in [5.74, 6) is 0.267. The zero-order valence-corrected chi connectivity index (χ0v) is 22.9. The predicted octanol–water partition coefficient (Wildman–Crippen LogP) is 4.52. The van der Waals surface area contributed by atoms with Crippen LogP contribution in [0.5, 0.6) is 0 Å². The number of unbranched alkanes of at least 4 members (excludes halogenated alkanes) is 1. The first-order valence-electron chi connectivity index (χ1n) is 12.5. The van der Waals surface area contributed by atoms with Gasteiger partial charge in [0, 0.05) is 44.8 Å². The summed E-state index contributed by atoms with van der Waals surface area (Å²) in [6.45, 7) is 8.86. The van der Waals surface area contributed by atoms with E-state index in [2.05, 4.69) is 17.9 Å². The Bertz CT molecular complexity index is 1360. The highest BCUT2D eigenvalue weighted by molar-refractivity contribution is 8.26. The van der Waals surface area contributed by atoms with Gasteiger partial charge < -0.3 is 9.80 Å². The fraction of sp³-hybridized carbons (Fsp3) is 0.407. The van der Waals surface area contributed by atoms with Crippen molar-refractivity contribution in [2.24, 2.45) is 0 Å². The Labute approximate surface area is 226 Å². The monoisotopic (exact) mass is 539 g/mol. The number of carbonyl (C=O) groups excluding carboxylic acids is 1. The Kier molecular flexibility index (Phi) is 8.35. The Hall–Kier alpha value is -3.16. The second-order valence-corrected chi connectivity index (χ2v) is 10.7. The number of aromatic nitrogens is 1. The molecule has 4 rings (SSSR count). The first-order chi connectivity index (χ1) is 17.8. The van der Waals surface area contributed by atoms with Gasteiger partial charge in [-0.1, -0.05) is 49.5 Å². The van der Waals surface area contributed by atoms with Gasteiger partial charge in [-0.05, 0) is 44.0 Å². The van der Waals surface area contributed by atoms with E-state index in [-0.39, 0.29) is 22.8 Å². The van der Waals surface area contributed by atoms with Crippen molar-refractivity contribution in [1.82, 2.24) is 9.47 Å². The first kappa shape index (κ1) is 26.9. The van der Waals surface area contributed by atoms with Crippen molar-refractivity contribution < 1.29 is 9.18 Å². The molecule has 3 heterocycles. The number of carbonyl (C=O) groups is 1.